The summed E-state index contributed by atoms with van der Waals surface area (Å²) in [7, 11) is 1.64. The van der Waals surface area contributed by atoms with Crippen molar-refractivity contribution in [3.63, 3.8) is 0 Å². The molecule has 0 radical (unpaired) electrons. The summed E-state index contributed by atoms with van der Waals surface area (Å²) in [5.41, 5.74) is 0.668. The molecule has 0 bridgehead atoms. The van der Waals surface area contributed by atoms with Crippen LogP contribution in [0.1, 0.15) is 19.3 Å². The van der Waals surface area contributed by atoms with Gasteiger partial charge in [0.1, 0.15) is 4.47 Å². The molecule has 0 amide bonds. The van der Waals surface area contributed by atoms with Crippen LogP contribution in [0.2, 0.25) is 0 Å². The second-order valence-electron chi connectivity index (χ2n) is 4.33. The molecular formula is C12H16BrN3O. The zero-order valence-corrected chi connectivity index (χ0v) is 11.4. The number of aryl methyl sites for hydroxylation is 1. The molecule has 0 saturated carbocycles. The lowest BCUT2D eigenvalue weighted by Crippen LogP contribution is -2.23. The second-order valence-corrected chi connectivity index (χ2v) is 5.13. The Labute approximate surface area is 109 Å². The Morgan fingerprint density at radius 3 is 3.12 bits per heavy atom. The van der Waals surface area contributed by atoms with E-state index >= 15 is 0 Å². The highest BCUT2D eigenvalue weighted by Gasteiger charge is 2.11. The van der Waals surface area contributed by atoms with Crippen molar-refractivity contribution in [2.45, 2.75) is 19.3 Å². The molecule has 0 spiro atoms. The molecule has 0 saturated heterocycles. The number of nitrogens with one attached hydrogen (secondary N) is 1. The summed E-state index contributed by atoms with van der Waals surface area (Å²) in [5, 5.41) is 7.30. The van der Waals surface area contributed by atoms with Gasteiger partial charge < -0.3 is 5.32 Å². The first-order valence-electron chi connectivity index (χ1n) is 5.79. The predicted molar refractivity (Wildman–Crippen MR) is 72.1 cm³/mol. The normalized spacial score (nSPS) is 19.3. The van der Waals surface area contributed by atoms with E-state index in [4.69, 9.17) is 0 Å². The number of allylic oxidation sites excluding steroid dienone is 2. The second kappa shape index (κ2) is 5.49. The monoisotopic (exact) mass is 297 g/mol. The van der Waals surface area contributed by atoms with Crippen LogP contribution in [0, 0.1) is 5.92 Å². The molecular weight excluding hydrogens is 282 g/mol. The fourth-order valence-electron chi connectivity index (χ4n) is 1.93. The van der Waals surface area contributed by atoms with Gasteiger partial charge in [0, 0.05) is 13.6 Å². The minimum Gasteiger partial charge on any atom is -0.382 e. The number of aromatic nitrogens is 2. The molecule has 1 aromatic rings. The van der Waals surface area contributed by atoms with Gasteiger partial charge in [-0.25, -0.2) is 4.68 Å². The highest BCUT2D eigenvalue weighted by molar-refractivity contribution is 9.10. The predicted octanol–water partition coefficient (Wildman–Crippen LogP) is 2.31. The molecule has 0 fully saturated rings. The molecule has 0 aliphatic heterocycles. The summed E-state index contributed by atoms with van der Waals surface area (Å²) in [6.45, 7) is 0.887. The lowest BCUT2D eigenvalue weighted by atomic mass is 9.94. The van der Waals surface area contributed by atoms with Crippen LogP contribution in [0.3, 0.4) is 0 Å². The minimum atomic E-state index is -0.112. The van der Waals surface area contributed by atoms with Crippen molar-refractivity contribution in [2.75, 3.05) is 11.9 Å². The van der Waals surface area contributed by atoms with Crippen LogP contribution in [0.15, 0.2) is 27.6 Å². The van der Waals surface area contributed by atoms with Crippen molar-refractivity contribution in [1.82, 2.24) is 9.78 Å². The Morgan fingerprint density at radius 2 is 2.41 bits per heavy atom. The molecule has 0 aromatic carbocycles. The summed E-state index contributed by atoms with van der Waals surface area (Å²) in [4.78, 5) is 11.6. The third kappa shape index (κ3) is 2.97. The highest BCUT2D eigenvalue weighted by atomic mass is 79.9. The van der Waals surface area contributed by atoms with Crippen LogP contribution in [-0.4, -0.2) is 16.3 Å². The van der Waals surface area contributed by atoms with E-state index in [1.165, 1.54) is 11.1 Å². The lowest BCUT2D eigenvalue weighted by molar-refractivity contribution is 0.504. The molecule has 92 valence electrons. The quantitative estimate of drug-likeness (QED) is 0.871. The van der Waals surface area contributed by atoms with E-state index in [1.54, 1.807) is 13.2 Å². The van der Waals surface area contributed by atoms with Crippen LogP contribution in [0.5, 0.6) is 0 Å². The summed E-state index contributed by atoms with van der Waals surface area (Å²) in [6.07, 6.45) is 9.62. The number of hydrogen-bond acceptors (Lipinski definition) is 3. The third-order valence-electron chi connectivity index (χ3n) is 3.04. The van der Waals surface area contributed by atoms with Gasteiger partial charge in [0.2, 0.25) is 0 Å². The molecule has 1 aliphatic carbocycles. The standard InChI is InChI=1S/C12H16BrN3O/c1-16-12(17)11(13)10(8-15-16)14-7-9-5-3-2-4-6-9/h2-3,8-9,14H,4-7H2,1H3/t9-/m1/s1. The molecule has 1 atom stereocenters. The van der Waals surface area contributed by atoms with Crippen molar-refractivity contribution in [1.29, 1.82) is 0 Å². The molecule has 1 N–H and O–H groups in total. The molecule has 1 heterocycles. The summed E-state index contributed by atoms with van der Waals surface area (Å²) in [6, 6.07) is 0. The zero-order chi connectivity index (χ0) is 12.3. The Hall–Kier alpha value is -1.10. The molecule has 0 unspecified atom stereocenters. The van der Waals surface area contributed by atoms with Gasteiger partial charge >= 0.3 is 0 Å². The van der Waals surface area contributed by atoms with E-state index in [9.17, 15) is 4.79 Å². The van der Waals surface area contributed by atoms with E-state index in [1.807, 2.05) is 0 Å². The molecule has 4 nitrogen and oxygen atoms in total. The van der Waals surface area contributed by atoms with Gasteiger partial charge in [0.25, 0.3) is 5.56 Å². The summed E-state index contributed by atoms with van der Waals surface area (Å²) in [5.74, 6) is 0.649. The maximum absolute atomic E-state index is 11.6. The van der Waals surface area contributed by atoms with Gasteiger partial charge in [-0.15, -0.1) is 0 Å². The van der Waals surface area contributed by atoms with Gasteiger partial charge in [-0.3, -0.25) is 4.79 Å². The Morgan fingerprint density at radius 1 is 1.59 bits per heavy atom. The highest BCUT2D eigenvalue weighted by Crippen LogP contribution is 2.21. The summed E-state index contributed by atoms with van der Waals surface area (Å²) >= 11 is 3.31. The molecule has 5 heteroatoms. The smallest absolute Gasteiger partial charge is 0.282 e. The van der Waals surface area contributed by atoms with Gasteiger partial charge in [0.05, 0.1) is 11.9 Å². The fourth-order valence-corrected chi connectivity index (χ4v) is 2.43. The number of anilines is 1. The van der Waals surface area contributed by atoms with Crippen LogP contribution in [0.4, 0.5) is 5.69 Å². The Balaban J connectivity index is 2.02. The number of rotatable bonds is 3. The molecule has 1 aromatic heterocycles. The van der Waals surface area contributed by atoms with Crippen molar-refractivity contribution >= 4 is 21.6 Å². The first kappa shape index (κ1) is 12.4. The first-order valence-corrected chi connectivity index (χ1v) is 6.58. The number of hydrogen-bond donors (Lipinski definition) is 1. The molecule has 1 aliphatic rings. The van der Waals surface area contributed by atoms with E-state index in [0.29, 0.717) is 10.4 Å². The topological polar surface area (TPSA) is 46.9 Å². The summed E-state index contributed by atoms with van der Waals surface area (Å²) < 4.78 is 1.87. The van der Waals surface area contributed by atoms with Gasteiger partial charge in [0.15, 0.2) is 0 Å². The van der Waals surface area contributed by atoms with Gasteiger partial charge in [-0.2, -0.15) is 5.10 Å². The van der Waals surface area contributed by atoms with Crippen LogP contribution < -0.4 is 10.9 Å². The zero-order valence-electron chi connectivity index (χ0n) is 9.82. The molecule has 17 heavy (non-hydrogen) atoms. The third-order valence-corrected chi connectivity index (χ3v) is 3.80. The minimum absolute atomic E-state index is 0.112. The van der Waals surface area contributed by atoms with Crippen LogP contribution in [0.25, 0.3) is 0 Å². The van der Waals surface area contributed by atoms with E-state index < -0.39 is 0 Å². The number of halogens is 1. The van der Waals surface area contributed by atoms with Crippen LogP contribution >= 0.6 is 15.9 Å². The maximum Gasteiger partial charge on any atom is 0.282 e. The largest absolute Gasteiger partial charge is 0.382 e. The van der Waals surface area contributed by atoms with E-state index in [-0.39, 0.29) is 5.56 Å². The van der Waals surface area contributed by atoms with Crippen molar-refractivity contribution < 1.29 is 0 Å². The number of nitrogens with zero attached hydrogens (tertiary/aromatic N) is 2. The van der Waals surface area contributed by atoms with Crippen LogP contribution in [-0.2, 0) is 7.05 Å². The maximum atomic E-state index is 11.6. The van der Waals surface area contributed by atoms with Gasteiger partial charge in [-0.1, -0.05) is 12.2 Å². The Kier molecular flexibility index (Phi) is 3.99. The van der Waals surface area contributed by atoms with E-state index in [2.05, 4.69) is 38.5 Å². The van der Waals surface area contributed by atoms with Crippen molar-refractivity contribution in [2.24, 2.45) is 13.0 Å². The first-order chi connectivity index (χ1) is 8.18. The lowest BCUT2D eigenvalue weighted by Gasteiger charge is -2.19. The fraction of sp³-hybridized carbons (Fsp3) is 0.500. The molecule has 2 rings (SSSR count). The van der Waals surface area contributed by atoms with E-state index in [0.717, 1.165) is 25.1 Å². The average Bonchev–Trinajstić information content (AvgIpc) is 2.36. The van der Waals surface area contributed by atoms with Gasteiger partial charge in [-0.05, 0) is 41.1 Å². The van der Waals surface area contributed by atoms with Crippen molar-refractivity contribution in [3.05, 3.63) is 33.2 Å². The SMILES string of the molecule is Cn1ncc(NC[C@@H]2CC=CCC2)c(Br)c1=O. The van der Waals surface area contributed by atoms with Crippen molar-refractivity contribution in [3.8, 4) is 0 Å². The Bertz CT molecular complexity index is 481. The average molecular weight is 298 g/mol.